The molecule has 0 radical (unpaired) electrons. The second-order valence-corrected chi connectivity index (χ2v) is 5.35. The van der Waals surface area contributed by atoms with Crippen molar-refractivity contribution < 1.29 is 14.6 Å². The molecule has 3 heteroatoms. The summed E-state index contributed by atoms with van der Waals surface area (Å²) in [7, 11) is 0. The van der Waals surface area contributed by atoms with Gasteiger partial charge in [-0.1, -0.05) is 25.5 Å². The highest BCUT2D eigenvalue weighted by molar-refractivity contribution is 5.85. The Morgan fingerprint density at radius 1 is 1.40 bits per heavy atom. The summed E-state index contributed by atoms with van der Waals surface area (Å²) in [5.41, 5.74) is 0.855. The van der Waals surface area contributed by atoms with E-state index in [1.54, 1.807) is 6.08 Å². The molecule has 0 spiro atoms. The SMILES string of the molecule is CCC1CCCCC1Oc1cccc(C=CC(=O)O)c1. The summed E-state index contributed by atoms with van der Waals surface area (Å²) in [4.78, 5) is 10.5. The maximum atomic E-state index is 10.5. The van der Waals surface area contributed by atoms with E-state index in [-0.39, 0.29) is 0 Å². The minimum Gasteiger partial charge on any atom is -0.490 e. The van der Waals surface area contributed by atoms with Gasteiger partial charge in [0.1, 0.15) is 11.9 Å². The molecule has 108 valence electrons. The largest absolute Gasteiger partial charge is 0.490 e. The molecular weight excluding hydrogens is 252 g/mol. The number of aliphatic carboxylic acids is 1. The Kier molecular flexibility index (Phi) is 5.22. The van der Waals surface area contributed by atoms with Crippen molar-refractivity contribution in [1.82, 2.24) is 0 Å². The predicted octanol–water partition coefficient (Wildman–Crippen LogP) is 4.13. The number of ether oxygens (including phenoxy) is 1. The molecule has 2 unspecified atom stereocenters. The molecule has 1 saturated carbocycles. The van der Waals surface area contributed by atoms with Crippen molar-refractivity contribution >= 4 is 12.0 Å². The van der Waals surface area contributed by atoms with Crippen LogP contribution in [0, 0.1) is 5.92 Å². The van der Waals surface area contributed by atoms with Gasteiger partial charge in [-0.25, -0.2) is 4.79 Å². The van der Waals surface area contributed by atoms with Crippen molar-refractivity contribution in [2.45, 2.75) is 45.1 Å². The molecule has 2 rings (SSSR count). The molecule has 0 aromatic heterocycles. The Bertz CT molecular complexity index is 479. The van der Waals surface area contributed by atoms with E-state index < -0.39 is 5.97 Å². The van der Waals surface area contributed by atoms with Crippen LogP contribution < -0.4 is 4.74 Å². The van der Waals surface area contributed by atoms with Crippen molar-refractivity contribution in [1.29, 1.82) is 0 Å². The third kappa shape index (κ3) is 4.12. The highest BCUT2D eigenvalue weighted by Crippen LogP contribution is 2.30. The molecule has 0 heterocycles. The van der Waals surface area contributed by atoms with E-state index in [1.807, 2.05) is 24.3 Å². The van der Waals surface area contributed by atoms with Gasteiger partial charge >= 0.3 is 5.97 Å². The average Bonchev–Trinajstić information content (AvgIpc) is 2.46. The standard InChI is InChI=1S/C17H22O3/c1-2-14-7-3-4-9-16(14)20-15-8-5-6-13(12-15)10-11-17(18)19/h5-6,8,10-12,14,16H,2-4,7,9H2,1H3,(H,18,19). The van der Waals surface area contributed by atoms with Crippen molar-refractivity contribution in [3.05, 3.63) is 35.9 Å². The molecule has 0 bridgehead atoms. The Labute approximate surface area is 120 Å². The summed E-state index contributed by atoms with van der Waals surface area (Å²) in [6.45, 7) is 2.22. The Hall–Kier alpha value is -1.77. The van der Waals surface area contributed by atoms with Gasteiger partial charge in [-0.15, -0.1) is 0 Å². The minimum absolute atomic E-state index is 0.299. The lowest BCUT2D eigenvalue weighted by Gasteiger charge is -2.31. The first-order valence-corrected chi connectivity index (χ1v) is 7.36. The van der Waals surface area contributed by atoms with E-state index >= 15 is 0 Å². The summed E-state index contributed by atoms with van der Waals surface area (Å²) < 4.78 is 6.12. The van der Waals surface area contributed by atoms with Crippen LogP contribution in [0.3, 0.4) is 0 Å². The summed E-state index contributed by atoms with van der Waals surface area (Å²) in [6.07, 6.45) is 9.10. The van der Waals surface area contributed by atoms with Gasteiger partial charge in [-0.3, -0.25) is 0 Å². The van der Waals surface area contributed by atoms with Gasteiger partial charge in [-0.2, -0.15) is 0 Å². The van der Waals surface area contributed by atoms with Gasteiger partial charge in [0.25, 0.3) is 0 Å². The van der Waals surface area contributed by atoms with Crippen molar-refractivity contribution in [3.8, 4) is 5.75 Å². The van der Waals surface area contributed by atoms with E-state index in [0.29, 0.717) is 12.0 Å². The van der Waals surface area contributed by atoms with Gasteiger partial charge in [-0.05, 0) is 55.4 Å². The van der Waals surface area contributed by atoms with E-state index in [4.69, 9.17) is 9.84 Å². The second kappa shape index (κ2) is 7.13. The molecule has 1 N–H and O–H groups in total. The minimum atomic E-state index is -0.936. The van der Waals surface area contributed by atoms with Crippen LogP contribution in [0.15, 0.2) is 30.3 Å². The lowest BCUT2D eigenvalue weighted by atomic mass is 9.85. The fraction of sp³-hybridized carbons (Fsp3) is 0.471. The van der Waals surface area contributed by atoms with Crippen LogP contribution in [0.5, 0.6) is 5.75 Å². The third-order valence-corrected chi connectivity index (χ3v) is 3.93. The number of hydrogen-bond acceptors (Lipinski definition) is 2. The lowest BCUT2D eigenvalue weighted by Crippen LogP contribution is -2.29. The molecule has 0 saturated heterocycles. The fourth-order valence-electron chi connectivity index (χ4n) is 2.83. The third-order valence-electron chi connectivity index (χ3n) is 3.93. The highest BCUT2D eigenvalue weighted by atomic mass is 16.5. The van der Waals surface area contributed by atoms with Gasteiger partial charge < -0.3 is 9.84 Å². The topological polar surface area (TPSA) is 46.5 Å². The molecular formula is C17H22O3. The maximum absolute atomic E-state index is 10.5. The molecule has 0 aliphatic heterocycles. The summed E-state index contributed by atoms with van der Waals surface area (Å²) >= 11 is 0. The second-order valence-electron chi connectivity index (χ2n) is 5.35. The zero-order valence-electron chi connectivity index (χ0n) is 11.9. The first kappa shape index (κ1) is 14.6. The van der Waals surface area contributed by atoms with Crippen LogP contribution in [0.4, 0.5) is 0 Å². The van der Waals surface area contributed by atoms with Crippen LogP contribution in [-0.4, -0.2) is 17.2 Å². The van der Waals surface area contributed by atoms with E-state index in [9.17, 15) is 4.79 Å². The number of carboxylic acid groups (broad SMARTS) is 1. The van der Waals surface area contributed by atoms with Gasteiger partial charge in [0.05, 0.1) is 0 Å². The number of benzene rings is 1. The summed E-state index contributed by atoms with van der Waals surface area (Å²) in [6, 6.07) is 7.63. The van der Waals surface area contributed by atoms with E-state index in [1.165, 1.54) is 19.3 Å². The monoisotopic (exact) mass is 274 g/mol. The first-order valence-electron chi connectivity index (χ1n) is 7.36. The average molecular weight is 274 g/mol. The molecule has 1 aliphatic rings. The van der Waals surface area contributed by atoms with E-state index in [2.05, 4.69) is 6.92 Å². The molecule has 20 heavy (non-hydrogen) atoms. The van der Waals surface area contributed by atoms with Crippen LogP contribution in [0.2, 0.25) is 0 Å². The number of carbonyl (C=O) groups is 1. The Morgan fingerprint density at radius 3 is 2.95 bits per heavy atom. The van der Waals surface area contributed by atoms with Crippen molar-refractivity contribution in [3.63, 3.8) is 0 Å². The maximum Gasteiger partial charge on any atom is 0.328 e. The van der Waals surface area contributed by atoms with Gasteiger partial charge in [0.15, 0.2) is 0 Å². The lowest BCUT2D eigenvalue weighted by molar-refractivity contribution is -0.131. The normalized spacial score (nSPS) is 22.9. The van der Waals surface area contributed by atoms with Crippen LogP contribution >= 0.6 is 0 Å². The summed E-state index contributed by atoms with van der Waals surface area (Å²) in [5.74, 6) is 0.541. The zero-order valence-corrected chi connectivity index (χ0v) is 11.9. The van der Waals surface area contributed by atoms with Crippen molar-refractivity contribution in [2.24, 2.45) is 5.92 Å². The zero-order chi connectivity index (χ0) is 14.4. The van der Waals surface area contributed by atoms with Crippen LogP contribution in [0.25, 0.3) is 6.08 Å². The smallest absolute Gasteiger partial charge is 0.328 e. The predicted molar refractivity (Wildman–Crippen MR) is 79.8 cm³/mol. The van der Waals surface area contributed by atoms with Gasteiger partial charge in [0, 0.05) is 6.08 Å². The fourth-order valence-corrected chi connectivity index (χ4v) is 2.83. The highest BCUT2D eigenvalue weighted by Gasteiger charge is 2.25. The number of rotatable bonds is 5. The van der Waals surface area contributed by atoms with E-state index in [0.717, 1.165) is 30.2 Å². The molecule has 1 aliphatic carbocycles. The van der Waals surface area contributed by atoms with Crippen LogP contribution in [-0.2, 0) is 4.79 Å². The van der Waals surface area contributed by atoms with Crippen LogP contribution in [0.1, 0.15) is 44.6 Å². The summed E-state index contributed by atoms with van der Waals surface area (Å²) in [5, 5.41) is 8.65. The Balaban J connectivity index is 2.05. The molecule has 3 nitrogen and oxygen atoms in total. The van der Waals surface area contributed by atoms with Gasteiger partial charge in [0.2, 0.25) is 0 Å². The Morgan fingerprint density at radius 2 is 2.20 bits per heavy atom. The quantitative estimate of drug-likeness (QED) is 0.821. The molecule has 1 fully saturated rings. The molecule has 2 atom stereocenters. The molecule has 1 aromatic carbocycles. The van der Waals surface area contributed by atoms with Crippen molar-refractivity contribution in [2.75, 3.05) is 0 Å². The first-order chi connectivity index (χ1) is 9.69. The molecule has 0 amide bonds. The number of hydrogen-bond donors (Lipinski definition) is 1. The molecule has 1 aromatic rings. The number of carboxylic acids is 1.